The van der Waals surface area contributed by atoms with Gasteiger partial charge in [-0.15, -0.1) is 0 Å². The van der Waals surface area contributed by atoms with Gasteiger partial charge in [0.15, 0.2) is 6.10 Å². The summed E-state index contributed by atoms with van der Waals surface area (Å²) in [5.74, 6) is -1.81. The van der Waals surface area contributed by atoms with Crippen LogP contribution in [-0.2, 0) is 28.6 Å². The second-order valence-electron chi connectivity index (χ2n) is 15.6. The van der Waals surface area contributed by atoms with E-state index in [0.29, 0.717) is 19.3 Å². The molecule has 0 rings (SSSR count). The number of carboxylic acids is 1. The molecule has 0 aromatic heterocycles. The molecule has 0 spiro atoms. The molecule has 0 N–H and O–H groups in total. The van der Waals surface area contributed by atoms with Crippen molar-refractivity contribution in [3.05, 3.63) is 97.2 Å². The van der Waals surface area contributed by atoms with Crippen molar-refractivity contribution in [1.29, 1.82) is 0 Å². The fourth-order valence-electron chi connectivity index (χ4n) is 5.93. The molecule has 2 unspecified atom stereocenters. The zero-order chi connectivity index (χ0) is 42.8. The molecule has 0 amide bonds. The first-order chi connectivity index (χ1) is 28.1. The molecule has 0 aromatic rings. The molecule has 0 aliphatic rings. The van der Waals surface area contributed by atoms with Crippen LogP contribution in [0.5, 0.6) is 0 Å². The van der Waals surface area contributed by atoms with Gasteiger partial charge in [0.2, 0.25) is 0 Å². The smallest absolute Gasteiger partial charge is 0.306 e. The standard InChI is InChI=1S/C50H81NO7/c1-6-8-10-12-14-16-18-20-22-23-24-25-27-29-31-33-35-37-39-41-49(53)58-46(44-56-43-42-47(50(54)55)51(3,4)5)45-57-48(52)40-38-36-34-32-30-28-26-21-19-17-15-13-11-9-7-2/h8-11,13-17,19-22,26,28,30,46-47H,6-7,12,18,23-25,27,29,31-45H2,1-5H3/b10-8+,11-9+,15-13+,16-14+,19-17+,22-20+,26-21+,30-28+. The van der Waals surface area contributed by atoms with E-state index in [4.69, 9.17) is 14.2 Å². The van der Waals surface area contributed by atoms with Gasteiger partial charge in [-0.1, -0.05) is 162 Å². The number of hydrogen-bond donors (Lipinski definition) is 0. The monoisotopic (exact) mass is 808 g/mol. The van der Waals surface area contributed by atoms with Gasteiger partial charge in [-0.2, -0.15) is 0 Å². The number of carboxylic acid groups (broad SMARTS) is 1. The van der Waals surface area contributed by atoms with Crippen LogP contribution >= 0.6 is 0 Å². The SMILES string of the molecule is CC/C=C/C=C/C=C/C=C/C=C/CCCCCC(=O)OCC(COCCC(C(=O)[O-])[N+](C)(C)C)OC(=O)CCCCCCCCCCC/C=C/C/C=C/C/C=C/CC. The fraction of sp³-hybridized carbons (Fsp3) is 0.620. The third-order valence-corrected chi connectivity index (χ3v) is 9.34. The third-order valence-electron chi connectivity index (χ3n) is 9.34. The predicted molar refractivity (Wildman–Crippen MR) is 240 cm³/mol. The second-order valence-corrected chi connectivity index (χ2v) is 15.6. The van der Waals surface area contributed by atoms with Crippen molar-refractivity contribution in [2.75, 3.05) is 41.0 Å². The van der Waals surface area contributed by atoms with Crippen LogP contribution in [0, 0.1) is 0 Å². The van der Waals surface area contributed by atoms with E-state index < -0.39 is 18.1 Å². The Labute approximate surface area is 354 Å². The Balaban J connectivity index is 4.42. The zero-order valence-corrected chi connectivity index (χ0v) is 37.2. The summed E-state index contributed by atoms with van der Waals surface area (Å²) in [5.41, 5.74) is 0. The average Bonchev–Trinajstić information content (AvgIpc) is 3.18. The molecule has 8 nitrogen and oxygen atoms in total. The van der Waals surface area contributed by atoms with E-state index in [1.54, 1.807) is 21.1 Å². The first-order valence-corrected chi connectivity index (χ1v) is 22.3. The summed E-state index contributed by atoms with van der Waals surface area (Å²) in [6, 6.07) is -0.739. The van der Waals surface area contributed by atoms with E-state index in [0.717, 1.165) is 70.6 Å². The topological polar surface area (TPSA) is 102 Å². The Morgan fingerprint density at radius 2 is 1.00 bits per heavy atom. The number of nitrogens with zero attached hydrogens (tertiary/aromatic N) is 1. The van der Waals surface area contributed by atoms with Crippen LogP contribution in [0.2, 0.25) is 0 Å². The van der Waals surface area contributed by atoms with Gasteiger partial charge < -0.3 is 28.6 Å². The Hall–Kier alpha value is -3.75. The van der Waals surface area contributed by atoms with Crippen LogP contribution in [0.25, 0.3) is 0 Å². The molecule has 8 heteroatoms. The lowest BCUT2D eigenvalue weighted by atomic mass is 10.1. The summed E-state index contributed by atoms with van der Waals surface area (Å²) < 4.78 is 17.1. The minimum absolute atomic E-state index is 0.0182. The number of hydrogen-bond acceptors (Lipinski definition) is 7. The highest BCUT2D eigenvalue weighted by Crippen LogP contribution is 2.13. The van der Waals surface area contributed by atoms with Crippen molar-refractivity contribution in [1.82, 2.24) is 0 Å². The Kier molecular flexibility index (Phi) is 37.5. The van der Waals surface area contributed by atoms with E-state index in [9.17, 15) is 19.5 Å². The fourth-order valence-corrected chi connectivity index (χ4v) is 5.93. The lowest BCUT2D eigenvalue weighted by molar-refractivity contribution is -0.889. The molecule has 0 saturated heterocycles. The van der Waals surface area contributed by atoms with Gasteiger partial charge in [-0.3, -0.25) is 9.59 Å². The van der Waals surface area contributed by atoms with Crippen molar-refractivity contribution in [3.63, 3.8) is 0 Å². The van der Waals surface area contributed by atoms with Crippen LogP contribution in [0.1, 0.15) is 149 Å². The number of rotatable bonds is 38. The molecule has 58 heavy (non-hydrogen) atoms. The van der Waals surface area contributed by atoms with Crippen molar-refractivity contribution >= 4 is 17.9 Å². The van der Waals surface area contributed by atoms with Gasteiger partial charge in [0.1, 0.15) is 12.6 Å². The molecule has 0 aliphatic heterocycles. The minimum Gasteiger partial charge on any atom is -0.544 e. The van der Waals surface area contributed by atoms with Gasteiger partial charge in [-0.25, -0.2) is 0 Å². The van der Waals surface area contributed by atoms with Gasteiger partial charge in [-0.05, 0) is 64.2 Å². The number of ether oxygens (including phenoxy) is 3. The lowest BCUT2D eigenvalue weighted by Gasteiger charge is -2.34. The summed E-state index contributed by atoms with van der Waals surface area (Å²) in [5, 5.41) is 11.6. The maximum atomic E-state index is 12.7. The molecule has 0 aromatic carbocycles. The Morgan fingerprint density at radius 1 is 0.534 bits per heavy atom. The maximum absolute atomic E-state index is 12.7. The predicted octanol–water partition coefficient (Wildman–Crippen LogP) is 11.0. The van der Waals surface area contributed by atoms with Gasteiger partial charge >= 0.3 is 11.9 Å². The molecule has 0 radical (unpaired) electrons. The third kappa shape index (κ3) is 37.8. The molecule has 0 fully saturated rings. The normalized spacial score (nSPS) is 13.9. The Morgan fingerprint density at radius 3 is 1.57 bits per heavy atom. The van der Waals surface area contributed by atoms with Crippen molar-refractivity contribution in [2.24, 2.45) is 0 Å². The molecule has 0 aliphatic carbocycles. The number of unbranched alkanes of at least 4 members (excludes halogenated alkanes) is 12. The second kappa shape index (κ2) is 40.0. The van der Waals surface area contributed by atoms with Crippen molar-refractivity contribution in [2.45, 2.75) is 161 Å². The van der Waals surface area contributed by atoms with E-state index in [-0.39, 0.29) is 42.7 Å². The molecular formula is C50H81NO7. The van der Waals surface area contributed by atoms with Crippen LogP contribution < -0.4 is 5.11 Å². The Bertz CT molecular complexity index is 1260. The summed E-state index contributed by atoms with van der Waals surface area (Å²) in [4.78, 5) is 36.9. The minimum atomic E-state index is -1.14. The van der Waals surface area contributed by atoms with Crippen LogP contribution in [0.3, 0.4) is 0 Å². The summed E-state index contributed by atoms with van der Waals surface area (Å²) in [6.07, 6.45) is 52.9. The molecule has 0 saturated carbocycles. The number of esters is 2. The first-order valence-electron chi connectivity index (χ1n) is 22.3. The zero-order valence-electron chi connectivity index (χ0n) is 37.2. The maximum Gasteiger partial charge on any atom is 0.306 e. The number of aliphatic carboxylic acids is 1. The number of likely N-dealkylation sites (N-methyl/N-ethyl adjacent to an activating group) is 1. The highest BCUT2D eigenvalue weighted by Gasteiger charge is 2.25. The first kappa shape index (κ1) is 54.2. The molecule has 0 heterocycles. The van der Waals surface area contributed by atoms with Crippen molar-refractivity contribution < 1.29 is 38.2 Å². The van der Waals surface area contributed by atoms with Crippen LogP contribution in [0.4, 0.5) is 0 Å². The van der Waals surface area contributed by atoms with Crippen LogP contribution in [-0.4, -0.2) is 75.5 Å². The van der Waals surface area contributed by atoms with E-state index in [1.165, 1.54) is 38.5 Å². The largest absolute Gasteiger partial charge is 0.544 e. The summed E-state index contributed by atoms with van der Waals surface area (Å²) >= 11 is 0. The van der Waals surface area contributed by atoms with Crippen molar-refractivity contribution in [3.8, 4) is 0 Å². The lowest BCUT2D eigenvalue weighted by Crippen LogP contribution is -2.55. The number of allylic oxidation sites excluding steroid dienone is 16. The highest BCUT2D eigenvalue weighted by atomic mass is 16.6. The molecule has 2 atom stereocenters. The quantitative estimate of drug-likeness (QED) is 0.0201. The summed E-state index contributed by atoms with van der Waals surface area (Å²) in [6.45, 7) is 4.34. The molecule has 0 bridgehead atoms. The summed E-state index contributed by atoms with van der Waals surface area (Å²) in [7, 11) is 5.38. The van der Waals surface area contributed by atoms with Gasteiger partial charge in [0.25, 0.3) is 0 Å². The number of quaternary nitrogens is 1. The van der Waals surface area contributed by atoms with E-state index in [2.05, 4.69) is 62.5 Å². The molecule has 328 valence electrons. The highest BCUT2D eigenvalue weighted by molar-refractivity contribution is 5.70. The average molecular weight is 808 g/mol. The molecular weight excluding hydrogens is 727 g/mol. The van der Waals surface area contributed by atoms with Crippen LogP contribution in [0.15, 0.2) is 97.2 Å². The number of carbonyl (C=O) groups excluding carboxylic acids is 3. The van der Waals surface area contributed by atoms with Gasteiger partial charge in [0.05, 0.1) is 40.3 Å². The van der Waals surface area contributed by atoms with E-state index in [1.807, 2.05) is 48.6 Å². The number of carbonyl (C=O) groups is 3. The van der Waals surface area contributed by atoms with Gasteiger partial charge in [0, 0.05) is 19.3 Å². The van der Waals surface area contributed by atoms with E-state index >= 15 is 0 Å².